The van der Waals surface area contributed by atoms with Gasteiger partial charge in [0.2, 0.25) is 0 Å². The third kappa shape index (κ3) is 3.32. The minimum Gasteiger partial charge on any atom is -0.297 e. The van der Waals surface area contributed by atoms with E-state index in [9.17, 15) is 4.79 Å². The van der Waals surface area contributed by atoms with Crippen LogP contribution in [0.2, 0.25) is 0 Å². The molecule has 1 saturated carbocycles. The highest BCUT2D eigenvalue weighted by Gasteiger charge is 2.42. The standard InChI is InChI=1S/C17H24BrNO/c1-13-8-10-17(11-9-13,19(2)3)16(20)12-14-4-6-15(18)7-5-14/h4-7,13H,8-12H2,1-3H3. The van der Waals surface area contributed by atoms with Crippen LogP contribution in [0.5, 0.6) is 0 Å². The normalized spacial score (nSPS) is 26.8. The molecule has 0 unspecified atom stereocenters. The van der Waals surface area contributed by atoms with Crippen LogP contribution in [0.1, 0.15) is 38.2 Å². The highest BCUT2D eigenvalue weighted by molar-refractivity contribution is 9.10. The van der Waals surface area contributed by atoms with Crippen molar-refractivity contribution in [1.29, 1.82) is 0 Å². The third-order valence-corrected chi connectivity index (χ3v) is 5.28. The zero-order chi connectivity index (χ0) is 14.8. The van der Waals surface area contributed by atoms with Crippen LogP contribution in [0, 0.1) is 5.92 Å². The maximum Gasteiger partial charge on any atom is 0.157 e. The molecule has 1 aromatic carbocycles. The molecule has 0 aromatic heterocycles. The van der Waals surface area contributed by atoms with Crippen molar-refractivity contribution < 1.29 is 4.79 Å². The van der Waals surface area contributed by atoms with E-state index in [0.29, 0.717) is 12.2 Å². The van der Waals surface area contributed by atoms with E-state index in [1.807, 2.05) is 24.3 Å². The number of halogens is 1. The van der Waals surface area contributed by atoms with E-state index in [4.69, 9.17) is 0 Å². The molecular weight excluding hydrogens is 314 g/mol. The summed E-state index contributed by atoms with van der Waals surface area (Å²) in [7, 11) is 4.10. The fourth-order valence-corrected chi connectivity index (χ4v) is 3.43. The molecule has 3 heteroatoms. The SMILES string of the molecule is CC1CCC(C(=O)Cc2ccc(Br)cc2)(N(C)C)CC1. The van der Waals surface area contributed by atoms with Crippen LogP contribution in [-0.2, 0) is 11.2 Å². The minimum atomic E-state index is -0.250. The lowest BCUT2D eigenvalue weighted by Crippen LogP contribution is -2.53. The van der Waals surface area contributed by atoms with Crippen LogP contribution in [-0.4, -0.2) is 30.3 Å². The number of Topliss-reactive ketones (excluding diaryl/α,β-unsaturated/α-hetero) is 1. The molecule has 0 saturated heterocycles. The van der Waals surface area contributed by atoms with Crippen molar-refractivity contribution in [3.8, 4) is 0 Å². The summed E-state index contributed by atoms with van der Waals surface area (Å²) in [5.41, 5.74) is 0.859. The average molecular weight is 338 g/mol. The van der Waals surface area contributed by atoms with Crippen LogP contribution in [0.4, 0.5) is 0 Å². The number of carbonyl (C=O) groups excluding carboxylic acids is 1. The second kappa shape index (κ2) is 6.40. The van der Waals surface area contributed by atoms with E-state index >= 15 is 0 Å². The number of rotatable bonds is 4. The summed E-state index contributed by atoms with van der Waals surface area (Å²) in [6, 6.07) is 8.09. The van der Waals surface area contributed by atoms with Gasteiger partial charge in [-0.15, -0.1) is 0 Å². The molecule has 1 fully saturated rings. The van der Waals surface area contributed by atoms with Gasteiger partial charge in [-0.2, -0.15) is 0 Å². The number of ketones is 1. The van der Waals surface area contributed by atoms with E-state index in [-0.39, 0.29) is 5.54 Å². The molecule has 1 aromatic rings. The van der Waals surface area contributed by atoms with Gasteiger partial charge < -0.3 is 0 Å². The zero-order valence-corrected chi connectivity index (χ0v) is 14.2. The van der Waals surface area contributed by atoms with Gasteiger partial charge in [-0.1, -0.05) is 35.0 Å². The van der Waals surface area contributed by atoms with Gasteiger partial charge in [-0.05, 0) is 63.4 Å². The molecule has 20 heavy (non-hydrogen) atoms. The highest BCUT2D eigenvalue weighted by Crippen LogP contribution is 2.36. The maximum atomic E-state index is 12.9. The Morgan fingerprint density at radius 3 is 2.30 bits per heavy atom. The molecule has 2 rings (SSSR count). The zero-order valence-electron chi connectivity index (χ0n) is 12.7. The number of hydrogen-bond acceptors (Lipinski definition) is 2. The van der Waals surface area contributed by atoms with Crippen LogP contribution in [0.15, 0.2) is 28.7 Å². The Hall–Kier alpha value is -0.670. The molecule has 0 bridgehead atoms. The van der Waals surface area contributed by atoms with Crippen molar-refractivity contribution in [2.45, 2.75) is 44.6 Å². The fraction of sp³-hybridized carbons (Fsp3) is 0.588. The van der Waals surface area contributed by atoms with Crippen LogP contribution >= 0.6 is 15.9 Å². The topological polar surface area (TPSA) is 20.3 Å². The monoisotopic (exact) mass is 337 g/mol. The maximum absolute atomic E-state index is 12.9. The number of likely N-dealkylation sites (N-methyl/N-ethyl adjacent to an activating group) is 1. The van der Waals surface area contributed by atoms with Crippen molar-refractivity contribution in [3.63, 3.8) is 0 Å². The van der Waals surface area contributed by atoms with Crippen molar-refractivity contribution in [2.24, 2.45) is 5.92 Å². The smallest absolute Gasteiger partial charge is 0.157 e. The molecule has 0 spiro atoms. The van der Waals surface area contributed by atoms with Gasteiger partial charge in [0.1, 0.15) is 0 Å². The van der Waals surface area contributed by atoms with Crippen LogP contribution in [0.25, 0.3) is 0 Å². The van der Waals surface area contributed by atoms with Crippen molar-refractivity contribution in [1.82, 2.24) is 4.90 Å². The largest absolute Gasteiger partial charge is 0.297 e. The summed E-state index contributed by atoms with van der Waals surface area (Å²) in [6.45, 7) is 2.29. The van der Waals surface area contributed by atoms with Gasteiger partial charge in [-0.3, -0.25) is 9.69 Å². The lowest BCUT2D eigenvalue weighted by Gasteiger charge is -2.43. The van der Waals surface area contributed by atoms with Crippen molar-refractivity contribution in [3.05, 3.63) is 34.3 Å². The second-order valence-electron chi connectivity index (χ2n) is 6.33. The molecular formula is C17H24BrNO. The molecule has 2 nitrogen and oxygen atoms in total. The number of benzene rings is 1. The summed E-state index contributed by atoms with van der Waals surface area (Å²) in [4.78, 5) is 15.0. The number of carbonyl (C=O) groups is 1. The molecule has 0 heterocycles. The van der Waals surface area contributed by atoms with Crippen molar-refractivity contribution in [2.75, 3.05) is 14.1 Å². The Bertz CT molecular complexity index is 458. The van der Waals surface area contributed by atoms with Gasteiger partial charge in [0.05, 0.1) is 5.54 Å². The number of nitrogens with zero attached hydrogens (tertiary/aromatic N) is 1. The average Bonchev–Trinajstić information content (AvgIpc) is 2.42. The molecule has 1 aliphatic carbocycles. The van der Waals surface area contributed by atoms with E-state index in [0.717, 1.165) is 41.6 Å². The Morgan fingerprint density at radius 1 is 1.25 bits per heavy atom. The third-order valence-electron chi connectivity index (χ3n) is 4.75. The summed E-state index contributed by atoms with van der Waals surface area (Å²) in [5, 5.41) is 0. The Kier molecular flexibility index (Phi) is 5.03. The molecule has 0 N–H and O–H groups in total. The van der Waals surface area contributed by atoms with Crippen molar-refractivity contribution >= 4 is 21.7 Å². The van der Waals surface area contributed by atoms with Gasteiger partial charge in [-0.25, -0.2) is 0 Å². The quantitative estimate of drug-likeness (QED) is 0.825. The molecule has 0 amide bonds. The highest BCUT2D eigenvalue weighted by atomic mass is 79.9. The van der Waals surface area contributed by atoms with Gasteiger partial charge in [0, 0.05) is 10.9 Å². The Balaban J connectivity index is 2.13. The summed E-state index contributed by atoms with van der Waals surface area (Å²) in [5.74, 6) is 1.13. The van der Waals surface area contributed by atoms with Crippen LogP contribution < -0.4 is 0 Å². The Morgan fingerprint density at radius 2 is 1.80 bits per heavy atom. The summed E-state index contributed by atoms with van der Waals surface area (Å²) in [6.07, 6.45) is 4.85. The first-order valence-electron chi connectivity index (χ1n) is 7.39. The van der Waals surface area contributed by atoms with E-state index < -0.39 is 0 Å². The van der Waals surface area contributed by atoms with Gasteiger partial charge in [0.25, 0.3) is 0 Å². The molecule has 1 aliphatic rings. The summed E-state index contributed by atoms with van der Waals surface area (Å²) < 4.78 is 1.06. The molecule has 110 valence electrons. The van der Waals surface area contributed by atoms with E-state index in [1.165, 1.54) is 0 Å². The summed E-state index contributed by atoms with van der Waals surface area (Å²) >= 11 is 3.44. The molecule has 0 atom stereocenters. The molecule has 0 aliphatic heterocycles. The minimum absolute atomic E-state index is 0.250. The van der Waals surface area contributed by atoms with Crippen LogP contribution in [0.3, 0.4) is 0 Å². The first-order valence-corrected chi connectivity index (χ1v) is 8.18. The van der Waals surface area contributed by atoms with Gasteiger partial charge in [0.15, 0.2) is 5.78 Å². The Labute approximate surface area is 130 Å². The number of hydrogen-bond donors (Lipinski definition) is 0. The first-order chi connectivity index (χ1) is 9.44. The predicted octanol–water partition coefficient (Wildman–Crippen LogP) is 4.07. The van der Waals surface area contributed by atoms with E-state index in [2.05, 4.69) is 41.8 Å². The van der Waals surface area contributed by atoms with E-state index in [1.54, 1.807) is 0 Å². The van der Waals surface area contributed by atoms with Gasteiger partial charge >= 0.3 is 0 Å². The molecule has 0 radical (unpaired) electrons. The lowest BCUT2D eigenvalue weighted by atomic mass is 9.72. The lowest BCUT2D eigenvalue weighted by molar-refractivity contribution is -0.131. The first kappa shape index (κ1) is 15.7. The fourth-order valence-electron chi connectivity index (χ4n) is 3.17. The second-order valence-corrected chi connectivity index (χ2v) is 7.25. The predicted molar refractivity (Wildman–Crippen MR) is 86.9 cm³/mol.